The zero-order chi connectivity index (χ0) is 7.00. The highest BCUT2D eigenvalue weighted by Gasteiger charge is 2.44. The molecule has 0 aliphatic carbocycles. The molecule has 9 heavy (non-hydrogen) atoms. The maximum atomic E-state index is 10.7. The molecule has 0 spiro atoms. The molecule has 56 valence electrons. The average Bonchev–Trinajstić information content (AvgIpc) is 1.25. The third-order valence-corrected chi connectivity index (χ3v) is 0.877. The Morgan fingerprint density at radius 1 is 1.22 bits per heavy atom. The molecule has 4 nitrogen and oxygen atoms in total. The van der Waals surface area contributed by atoms with Gasteiger partial charge in [0.2, 0.25) is 0 Å². The van der Waals surface area contributed by atoms with Crippen LogP contribution in [-0.2, 0) is 15.6 Å². The molecule has 0 aromatic heterocycles. The zero-order valence-corrected chi connectivity index (χ0v) is 4.53. The molecular formula is CHF3O4S. The van der Waals surface area contributed by atoms with Gasteiger partial charge in [0.15, 0.2) is 0 Å². The zero-order valence-electron chi connectivity index (χ0n) is 3.71. The van der Waals surface area contributed by atoms with E-state index in [1.165, 1.54) is 0 Å². The Balaban J connectivity index is 0. The lowest BCUT2D eigenvalue weighted by atomic mass is 11.6. The summed E-state index contributed by atoms with van der Waals surface area (Å²) >= 11 is 0. The summed E-state index contributed by atoms with van der Waals surface area (Å²) in [5.74, 6) is 0. The van der Waals surface area contributed by atoms with Gasteiger partial charge in [-0.3, -0.25) is 4.55 Å². The number of alkyl halides is 3. The Hall–Kier alpha value is -0.340. The van der Waals surface area contributed by atoms with Gasteiger partial charge in [-0.25, -0.2) is 0 Å². The lowest BCUT2D eigenvalue weighted by molar-refractivity contribution is -0.0510. The molecule has 0 saturated carbocycles. The summed E-state index contributed by atoms with van der Waals surface area (Å²) in [6, 6.07) is 0. The van der Waals surface area contributed by atoms with E-state index < -0.39 is 15.6 Å². The van der Waals surface area contributed by atoms with Crippen LogP contribution in [0.25, 0.3) is 0 Å². The van der Waals surface area contributed by atoms with Crippen molar-refractivity contribution in [2.75, 3.05) is 0 Å². The second kappa shape index (κ2) is 2.50. The van der Waals surface area contributed by atoms with Gasteiger partial charge < -0.3 is 0 Å². The quantitative estimate of drug-likeness (QED) is 0.414. The van der Waals surface area contributed by atoms with E-state index in [2.05, 4.69) is 0 Å². The molecule has 0 saturated heterocycles. The van der Waals surface area contributed by atoms with Gasteiger partial charge in [-0.15, -0.1) is 0 Å². The van der Waals surface area contributed by atoms with Crippen molar-refractivity contribution < 1.29 is 31.6 Å². The van der Waals surface area contributed by atoms with E-state index in [0.717, 1.165) is 0 Å². The average molecular weight is 166 g/mol. The summed E-state index contributed by atoms with van der Waals surface area (Å²) in [6.07, 6.45) is 0. The van der Waals surface area contributed by atoms with Gasteiger partial charge in [0, 0.05) is 5.48 Å². The molecule has 0 amide bonds. The van der Waals surface area contributed by atoms with Crippen molar-refractivity contribution in [3.63, 3.8) is 0 Å². The van der Waals surface area contributed by atoms with Gasteiger partial charge in [0.05, 0.1) is 0 Å². The molecule has 0 aromatic rings. The Morgan fingerprint density at radius 2 is 1.33 bits per heavy atom. The Morgan fingerprint density at radius 3 is 1.33 bits per heavy atom. The van der Waals surface area contributed by atoms with Gasteiger partial charge in [-0.2, -0.15) is 21.6 Å². The van der Waals surface area contributed by atoms with Crippen LogP contribution in [0.4, 0.5) is 13.2 Å². The van der Waals surface area contributed by atoms with Gasteiger partial charge >= 0.3 is 15.6 Å². The predicted octanol–water partition coefficient (Wildman–Crippen LogP) is 0.275. The minimum atomic E-state index is -5.84. The first kappa shape index (κ1) is 11.5. The first-order valence-electron chi connectivity index (χ1n) is 1.29. The Labute approximate surface area is 48.3 Å². The summed E-state index contributed by atoms with van der Waals surface area (Å²) in [4.78, 5) is 0. The molecule has 8 heteroatoms. The van der Waals surface area contributed by atoms with Crippen LogP contribution < -0.4 is 0 Å². The van der Waals surface area contributed by atoms with Gasteiger partial charge in [-0.05, 0) is 0 Å². The summed E-state index contributed by atoms with van der Waals surface area (Å²) in [7, 11) is -5.84. The van der Waals surface area contributed by atoms with Crippen molar-refractivity contribution in [2.45, 2.75) is 5.51 Å². The van der Waals surface area contributed by atoms with Crippen LogP contribution in [-0.4, -0.2) is 18.5 Å². The minimum Gasteiger partial charge on any atom is -0.279 e. The Bertz CT molecular complexity index is 165. The number of rotatable bonds is 0. The standard InChI is InChI=1S/CHF3O3S.O/c2-1(3,4)8(5,6)7;/h(H,5,6,7);. The van der Waals surface area contributed by atoms with Crippen molar-refractivity contribution in [1.82, 2.24) is 0 Å². The SMILES string of the molecule is O=S(=O)(O)C(F)(F)F.[O]. The van der Waals surface area contributed by atoms with E-state index in [4.69, 9.17) is 13.0 Å². The fraction of sp³-hybridized carbons (Fsp3) is 1.00. The highest BCUT2D eigenvalue weighted by atomic mass is 32.2. The first-order chi connectivity index (χ1) is 3.25. The molecule has 0 aromatic carbocycles. The third-order valence-electron chi connectivity index (χ3n) is 0.292. The maximum absolute atomic E-state index is 10.7. The molecular weight excluding hydrogens is 165 g/mol. The van der Waals surface area contributed by atoms with Crippen LogP contribution >= 0.6 is 0 Å². The lowest BCUT2D eigenvalue weighted by Gasteiger charge is -1.97. The molecule has 0 atom stereocenters. The molecule has 0 bridgehead atoms. The van der Waals surface area contributed by atoms with Crippen LogP contribution in [0.1, 0.15) is 0 Å². The Kier molecular flexibility index (Phi) is 3.18. The van der Waals surface area contributed by atoms with E-state index in [-0.39, 0.29) is 5.48 Å². The second-order valence-corrected chi connectivity index (χ2v) is 2.33. The van der Waals surface area contributed by atoms with Gasteiger partial charge in [-0.1, -0.05) is 0 Å². The lowest BCUT2D eigenvalue weighted by Crippen LogP contribution is -2.21. The smallest absolute Gasteiger partial charge is 0.279 e. The van der Waals surface area contributed by atoms with Crippen molar-refractivity contribution in [3.05, 3.63) is 0 Å². The van der Waals surface area contributed by atoms with Gasteiger partial charge in [0.1, 0.15) is 0 Å². The molecule has 2 radical (unpaired) electrons. The summed E-state index contributed by atoms with van der Waals surface area (Å²) in [5, 5.41) is 0. The number of hydrogen-bond acceptors (Lipinski definition) is 2. The second-order valence-electron chi connectivity index (χ2n) is 0.921. The summed E-state index contributed by atoms with van der Waals surface area (Å²) < 4.78 is 57.5. The van der Waals surface area contributed by atoms with E-state index in [0.29, 0.717) is 0 Å². The van der Waals surface area contributed by atoms with E-state index in [9.17, 15) is 13.2 Å². The van der Waals surface area contributed by atoms with Crippen molar-refractivity contribution in [1.29, 1.82) is 0 Å². The van der Waals surface area contributed by atoms with Crippen molar-refractivity contribution in [2.24, 2.45) is 0 Å². The fourth-order valence-corrected chi connectivity index (χ4v) is 0. The highest BCUT2D eigenvalue weighted by molar-refractivity contribution is 7.86. The van der Waals surface area contributed by atoms with Crippen LogP contribution in [0, 0.1) is 0 Å². The molecule has 0 aliphatic rings. The molecule has 1 N–H and O–H groups in total. The number of hydrogen-bond donors (Lipinski definition) is 1. The number of halogens is 3. The van der Waals surface area contributed by atoms with Crippen molar-refractivity contribution >= 4 is 10.1 Å². The fourth-order valence-electron chi connectivity index (χ4n) is 0. The van der Waals surface area contributed by atoms with Crippen LogP contribution in [0.2, 0.25) is 0 Å². The minimum absolute atomic E-state index is 0. The first-order valence-corrected chi connectivity index (χ1v) is 2.73. The maximum Gasteiger partial charge on any atom is 0.522 e. The third kappa shape index (κ3) is 3.27. The van der Waals surface area contributed by atoms with Crippen LogP contribution in [0.3, 0.4) is 0 Å². The monoisotopic (exact) mass is 166 g/mol. The van der Waals surface area contributed by atoms with Crippen LogP contribution in [0.5, 0.6) is 0 Å². The molecule has 0 heterocycles. The predicted molar refractivity (Wildman–Crippen MR) is 18.3 cm³/mol. The van der Waals surface area contributed by atoms with E-state index in [1.54, 1.807) is 0 Å². The normalized spacial score (nSPS) is 12.4. The molecule has 0 fully saturated rings. The summed E-state index contributed by atoms with van der Waals surface area (Å²) in [6.45, 7) is 0. The van der Waals surface area contributed by atoms with Crippen LogP contribution in [0.15, 0.2) is 0 Å². The van der Waals surface area contributed by atoms with Crippen molar-refractivity contribution in [3.8, 4) is 0 Å². The van der Waals surface area contributed by atoms with E-state index >= 15 is 0 Å². The molecule has 0 rings (SSSR count). The van der Waals surface area contributed by atoms with Gasteiger partial charge in [0.25, 0.3) is 0 Å². The molecule has 0 unspecified atom stereocenters. The van der Waals surface area contributed by atoms with E-state index in [1.807, 2.05) is 0 Å². The largest absolute Gasteiger partial charge is 0.522 e. The molecule has 0 aliphatic heterocycles. The summed E-state index contributed by atoms with van der Waals surface area (Å²) in [5.41, 5.74) is -5.53. The highest BCUT2D eigenvalue weighted by Crippen LogP contribution is 2.20. The topological polar surface area (TPSA) is 82.9 Å².